The summed E-state index contributed by atoms with van der Waals surface area (Å²) in [6, 6.07) is 7.16. The Bertz CT molecular complexity index is 1010. The van der Waals surface area contributed by atoms with Crippen LogP contribution in [0.1, 0.15) is 50.6 Å². The van der Waals surface area contributed by atoms with Gasteiger partial charge in [0.2, 0.25) is 10.0 Å². The Hall–Kier alpha value is -1.77. The summed E-state index contributed by atoms with van der Waals surface area (Å²) in [7, 11) is -3.51. The molecule has 172 valence electrons. The van der Waals surface area contributed by atoms with Crippen molar-refractivity contribution in [2.24, 2.45) is 0 Å². The van der Waals surface area contributed by atoms with Crippen LogP contribution in [-0.4, -0.2) is 43.0 Å². The van der Waals surface area contributed by atoms with Gasteiger partial charge in [-0.05, 0) is 58.2 Å². The van der Waals surface area contributed by atoms with E-state index >= 15 is 0 Å². The second-order valence-electron chi connectivity index (χ2n) is 7.18. The highest BCUT2D eigenvalue weighted by atomic mass is 32.2. The maximum Gasteiger partial charge on any atom is 0.325 e. The minimum absolute atomic E-state index is 0.153. The summed E-state index contributed by atoms with van der Waals surface area (Å²) in [5.41, 5.74) is 2.97. The summed E-state index contributed by atoms with van der Waals surface area (Å²) in [6.07, 6.45) is 1.81. The van der Waals surface area contributed by atoms with Crippen molar-refractivity contribution in [3.05, 3.63) is 41.2 Å². The SMILES string of the molecule is CC.CCOC(=O)Cn1c(C)c(C)c(Sc2ccccc2S(=O)(=O)N2CCCC2)c1C. The van der Waals surface area contributed by atoms with Crippen molar-refractivity contribution >= 4 is 27.8 Å². The lowest BCUT2D eigenvalue weighted by atomic mass is 10.3. The number of carbonyl (C=O) groups excluding carboxylic acids is 1. The molecule has 1 aliphatic rings. The molecule has 0 aliphatic carbocycles. The van der Waals surface area contributed by atoms with E-state index < -0.39 is 10.0 Å². The van der Waals surface area contributed by atoms with E-state index in [1.807, 2.05) is 51.3 Å². The van der Waals surface area contributed by atoms with Crippen molar-refractivity contribution < 1.29 is 17.9 Å². The number of rotatable bonds is 7. The molecule has 1 aliphatic heterocycles. The third-order valence-corrected chi connectivity index (χ3v) is 8.83. The first-order valence-electron chi connectivity index (χ1n) is 10.9. The molecule has 0 saturated carbocycles. The molecule has 1 aromatic carbocycles. The van der Waals surface area contributed by atoms with Crippen molar-refractivity contribution in [3.8, 4) is 0 Å². The highest BCUT2D eigenvalue weighted by Gasteiger charge is 2.30. The van der Waals surface area contributed by atoms with Crippen molar-refractivity contribution in [2.45, 2.75) is 75.6 Å². The Kier molecular flexibility index (Phi) is 9.21. The molecule has 0 atom stereocenters. The Labute approximate surface area is 191 Å². The largest absolute Gasteiger partial charge is 0.465 e. The van der Waals surface area contributed by atoms with Crippen LogP contribution in [0, 0.1) is 20.8 Å². The zero-order valence-corrected chi connectivity index (χ0v) is 21.0. The van der Waals surface area contributed by atoms with Crippen molar-refractivity contribution in [1.82, 2.24) is 8.87 Å². The lowest BCUT2D eigenvalue weighted by molar-refractivity contribution is -0.143. The molecule has 0 bridgehead atoms. The normalized spacial score (nSPS) is 14.3. The molecule has 3 rings (SSSR count). The van der Waals surface area contributed by atoms with E-state index in [1.54, 1.807) is 23.4 Å². The molecule has 0 unspecified atom stereocenters. The zero-order chi connectivity index (χ0) is 23.2. The average molecular weight is 467 g/mol. The molecule has 0 amide bonds. The van der Waals surface area contributed by atoms with Gasteiger partial charge in [-0.25, -0.2) is 8.42 Å². The lowest BCUT2D eigenvalue weighted by Gasteiger charge is -2.18. The number of esters is 1. The van der Waals surface area contributed by atoms with E-state index in [-0.39, 0.29) is 12.5 Å². The van der Waals surface area contributed by atoms with Gasteiger partial charge in [0.1, 0.15) is 6.54 Å². The predicted octanol–water partition coefficient (Wildman–Crippen LogP) is 4.94. The number of benzene rings is 1. The van der Waals surface area contributed by atoms with Gasteiger partial charge in [-0.2, -0.15) is 4.31 Å². The molecule has 0 radical (unpaired) electrons. The second-order valence-corrected chi connectivity index (χ2v) is 10.1. The molecule has 8 heteroatoms. The molecular weight excluding hydrogens is 432 g/mol. The van der Waals surface area contributed by atoms with E-state index in [1.165, 1.54) is 11.8 Å². The molecule has 0 N–H and O–H groups in total. The first-order chi connectivity index (χ1) is 14.8. The van der Waals surface area contributed by atoms with Crippen molar-refractivity contribution in [2.75, 3.05) is 19.7 Å². The summed E-state index contributed by atoms with van der Waals surface area (Å²) in [4.78, 5) is 14.0. The zero-order valence-electron chi connectivity index (χ0n) is 19.4. The summed E-state index contributed by atoms with van der Waals surface area (Å²) < 4.78 is 34.9. The molecule has 1 saturated heterocycles. The van der Waals surface area contributed by atoms with Crippen LogP contribution in [-0.2, 0) is 26.1 Å². The van der Waals surface area contributed by atoms with Crippen LogP contribution in [0.2, 0.25) is 0 Å². The van der Waals surface area contributed by atoms with Crippen molar-refractivity contribution in [1.29, 1.82) is 0 Å². The van der Waals surface area contributed by atoms with Gasteiger partial charge in [0.15, 0.2) is 0 Å². The number of hydrogen-bond donors (Lipinski definition) is 0. The van der Waals surface area contributed by atoms with Crippen molar-refractivity contribution in [3.63, 3.8) is 0 Å². The molecule has 0 spiro atoms. The molecule has 6 nitrogen and oxygen atoms in total. The van der Waals surface area contributed by atoms with E-state index in [9.17, 15) is 13.2 Å². The molecule has 2 heterocycles. The van der Waals surface area contributed by atoms with Gasteiger partial charge in [-0.15, -0.1) is 0 Å². The quantitative estimate of drug-likeness (QED) is 0.541. The summed E-state index contributed by atoms with van der Waals surface area (Å²) >= 11 is 1.45. The Morgan fingerprint density at radius 1 is 1.06 bits per heavy atom. The van der Waals surface area contributed by atoms with E-state index in [0.717, 1.165) is 34.7 Å². The first-order valence-corrected chi connectivity index (χ1v) is 13.1. The van der Waals surface area contributed by atoms with E-state index in [0.29, 0.717) is 29.5 Å². The second kappa shape index (κ2) is 11.2. The van der Waals surface area contributed by atoms with Crippen LogP contribution in [0.5, 0.6) is 0 Å². The fourth-order valence-corrected chi connectivity index (χ4v) is 6.79. The summed E-state index contributed by atoms with van der Waals surface area (Å²) in [5.74, 6) is -0.276. The summed E-state index contributed by atoms with van der Waals surface area (Å²) in [6.45, 7) is 13.4. The van der Waals surface area contributed by atoms with Crippen LogP contribution >= 0.6 is 11.8 Å². The number of aromatic nitrogens is 1. The fraction of sp³-hybridized carbons (Fsp3) is 0.522. The highest BCUT2D eigenvalue weighted by Crippen LogP contribution is 2.39. The fourth-order valence-electron chi connectivity index (χ4n) is 3.66. The number of nitrogens with zero attached hydrogens (tertiary/aromatic N) is 2. The predicted molar refractivity (Wildman–Crippen MR) is 125 cm³/mol. The first kappa shape index (κ1) is 25.5. The molecular formula is C23H34N2O4S2. The Morgan fingerprint density at radius 2 is 1.68 bits per heavy atom. The van der Waals surface area contributed by atoms with Crippen LogP contribution in [0.4, 0.5) is 0 Å². The topological polar surface area (TPSA) is 68.6 Å². The third kappa shape index (κ3) is 5.54. The number of carbonyl (C=O) groups is 1. The minimum Gasteiger partial charge on any atom is -0.465 e. The average Bonchev–Trinajstić information content (AvgIpc) is 3.37. The standard InChI is InChI=1S/C21H28N2O4S2.C2H6/c1-5-27-20(24)14-23-16(3)15(2)21(17(23)4)28-18-10-6-7-11-19(18)29(25,26)22-12-8-9-13-22;1-2/h6-7,10-11H,5,8-9,12-14H2,1-4H3;1-2H3. The van der Waals surface area contributed by atoms with Gasteiger partial charge >= 0.3 is 5.97 Å². The molecule has 1 fully saturated rings. The van der Waals surface area contributed by atoms with Gasteiger partial charge in [0, 0.05) is 34.3 Å². The van der Waals surface area contributed by atoms with E-state index in [4.69, 9.17) is 4.74 Å². The Balaban J connectivity index is 0.00000166. The van der Waals surface area contributed by atoms with Gasteiger partial charge in [-0.1, -0.05) is 37.7 Å². The van der Waals surface area contributed by atoms with Crippen LogP contribution < -0.4 is 0 Å². The van der Waals surface area contributed by atoms with Gasteiger partial charge in [-0.3, -0.25) is 4.79 Å². The van der Waals surface area contributed by atoms with Crippen LogP contribution in [0.25, 0.3) is 0 Å². The van der Waals surface area contributed by atoms with E-state index in [2.05, 4.69) is 0 Å². The monoisotopic (exact) mass is 466 g/mol. The minimum atomic E-state index is -3.51. The number of hydrogen-bond acceptors (Lipinski definition) is 5. The maximum atomic E-state index is 13.2. The Morgan fingerprint density at radius 3 is 2.29 bits per heavy atom. The summed E-state index contributed by atoms with van der Waals surface area (Å²) in [5, 5.41) is 0. The number of sulfonamides is 1. The molecule has 1 aromatic heterocycles. The lowest BCUT2D eigenvalue weighted by Crippen LogP contribution is -2.28. The maximum absolute atomic E-state index is 13.2. The van der Waals surface area contributed by atoms with Gasteiger partial charge in [0.25, 0.3) is 0 Å². The smallest absolute Gasteiger partial charge is 0.325 e. The van der Waals surface area contributed by atoms with Gasteiger partial charge < -0.3 is 9.30 Å². The highest BCUT2D eigenvalue weighted by molar-refractivity contribution is 8.00. The molecule has 2 aromatic rings. The van der Waals surface area contributed by atoms with Crippen LogP contribution in [0.3, 0.4) is 0 Å². The third-order valence-electron chi connectivity index (χ3n) is 5.36. The molecule has 31 heavy (non-hydrogen) atoms. The van der Waals surface area contributed by atoms with Crippen LogP contribution in [0.15, 0.2) is 39.0 Å². The number of ether oxygens (including phenoxy) is 1. The van der Waals surface area contributed by atoms with Gasteiger partial charge in [0.05, 0.1) is 11.5 Å².